The van der Waals surface area contributed by atoms with Crippen LogP contribution in [0.4, 0.5) is 7.10 Å². The first-order valence-corrected chi connectivity index (χ1v) is 8.08. The van der Waals surface area contributed by atoms with Crippen molar-refractivity contribution >= 4 is 28.5 Å². The van der Waals surface area contributed by atoms with Gasteiger partial charge in [0.25, 0.3) is 0 Å². The number of carbonyl (C=O) groups is 1. The topological polar surface area (TPSA) is 17.1 Å². The van der Waals surface area contributed by atoms with E-state index in [-0.39, 0.29) is 25.8 Å². The van der Waals surface area contributed by atoms with E-state index < -0.39 is 13.8 Å². The molecule has 0 radical (unpaired) electrons. The molecular weight excluding hydrogens is 289 g/mol. The van der Waals surface area contributed by atoms with E-state index in [1.54, 1.807) is 24.3 Å². The van der Waals surface area contributed by atoms with Crippen molar-refractivity contribution in [1.29, 1.82) is 0 Å². The normalized spacial score (nSPS) is 18.1. The molecule has 0 N–H and O–H groups in total. The third kappa shape index (κ3) is 1.38. The average Bonchev–Trinajstić information content (AvgIpc) is 2.37. The second-order valence-electron chi connectivity index (χ2n) is 3.79. The van der Waals surface area contributed by atoms with Crippen LogP contribution in [-0.2, 0) is 0 Å². The minimum absolute atomic E-state index is 0.0487. The molecule has 0 aromatic heterocycles. The second kappa shape index (κ2) is 3.49. The van der Waals surface area contributed by atoms with E-state index in [2.05, 4.69) is 0 Å². The van der Waals surface area contributed by atoms with Gasteiger partial charge in [-0.2, -0.15) is 0 Å². The van der Waals surface area contributed by atoms with Crippen LogP contribution in [0.3, 0.4) is 0 Å². The molecule has 0 amide bonds. The van der Waals surface area contributed by atoms with Crippen molar-refractivity contribution < 1.29 is 11.9 Å². The van der Waals surface area contributed by atoms with Crippen LogP contribution in [0.1, 0.15) is 15.9 Å². The van der Waals surface area contributed by atoms with Gasteiger partial charge in [0.15, 0.2) is 0 Å². The molecule has 1 nitrogen and oxygen atoms in total. The summed E-state index contributed by atoms with van der Waals surface area (Å²) in [6.45, 7) is 0. The van der Waals surface area contributed by atoms with Crippen LogP contribution in [0.2, 0.25) is 0 Å². The van der Waals surface area contributed by atoms with Crippen LogP contribution >= 0.6 is 0 Å². The fourth-order valence-corrected chi connectivity index (χ4v) is 5.40. The SMILES string of the molecule is O=C1c2ccccc2[Se](F)(F)c2ccccc21. The molecule has 0 bridgehead atoms. The zero-order valence-corrected chi connectivity index (χ0v) is 10.4. The van der Waals surface area contributed by atoms with Crippen molar-refractivity contribution in [3.63, 3.8) is 0 Å². The number of ketones is 1. The maximum atomic E-state index is 14.4. The van der Waals surface area contributed by atoms with Gasteiger partial charge in [0.2, 0.25) is 0 Å². The third-order valence-electron chi connectivity index (χ3n) is 2.82. The van der Waals surface area contributed by atoms with Gasteiger partial charge in [-0.15, -0.1) is 0 Å². The number of hydrogen-bond donors (Lipinski definition) is 0. The third-order valence-corrected chi connectivity index (χ3v) is 6.63. The van der Waals surface area contributed by atoms with E-state index in [0.29, 0.717) is 0 Å². The molecule has 17 heavy (non-hydrogen) atoms. The molecule has 0 spiro atoms. The summed E-state index contributed by atoms with van der Waals surface area (Å²) < 4.78 is 28.6. The van der Waals surface area contributed by atoms with Crippen molar-refractivity contribution in [3.8, 4) is 0 Å². The second-order valence-corrected chi connectivity index (χ2v) is 7.60. The molecule has 2 aromatic carbocycles. The molecule has 1 aliphatic rings. The van der Waals surface area contributed by atoms with E-state index in [4.69, 9.17) is 0 Å². The van der Waals surface area contributed by atoms with Gasteiger partial charge >= 0.3 is 100 Å². The Morgan fingerprint density at radius 3 is 1.65 bits per heavy atom. The van der Waals surface area contributed by atoms with Gasteiger partial charge in [0.05, 0.1) is 0 Å². The van der Waals surface area contributed by atoms with Gasteiger partial charge in [-0.1, -0.05) is 0 Å². The molecule has 0 unspecified atom stereocenters. The zero-order valence-electron chi connectivity index (χ0n) is 8.69. The van der Waals surface area contributed by atoms with Crippen molar-refractivity contribution in [2.45, 2.75) is 0 Å². The molecule has 0 saturated carbocycles. The number of halogens is 2. The Balaban J connectivity index is 2.38. The summed E-state index contributed by atoms with van der Waals surface area (Å²) in [5.41, 5.74) is 0.326. The minimum atomic E-state index is -4.89. The standard InChI is InChI=1S/C13H8F2OSe/c14-17(15)11-7-3-1-5-9(11)13(16)10-6-2-4-8-12(10)17/h1-8H. The Morgan fingerprint density at radius 2 is 1.18 bits per heavy atom. The molecule has 2 aromatic rings. The first-order chi connectivity index (χ1) is 8.12. The molecule has 1 heterocycles. The van der Waals surface area contributed by atoms with Crippen LogP contribution in [0, 0.1) is 0 Å². The van der Waals surface area contributed by atoms with Crippen LogP contribution in [0.5, 0.6) is 0 Å². The maximum absolute atomic E-state index is 14.4. The number of hydrogen-bond acceptors (Lipinski definition) is 1. The number of rotatable bonds is 0. The summed E-state index contributed by atoms with van der Waals surface area (Å²) in [5, 5.41) is 0. The predicted octanol–water partition coefficient (Wildman–Crippen LogP) is 1.73. The summed E-state index contributed by atoms with van der Waals surface area (Å²) in [7, 11) is 0. The summed E-state index contributed by atoms with van der Waals surface area (Å²) in [5.74, 6) is -0.292. The van der Waals surface area contributed by atoms with Crippen molar-refractivity contribution in [2.24, 2.45) is 0 Å². The van der Waals surface area contributed by atoms with Crippen molar-refractivity contribution in [1.82, 2.24) is 0 Å². The molecule has 0 atom stereocenters. The molecule has 0 saturated heterocycles. The molecular formula is C13H8F2OSe. The summed E-state index contributed by atoms with van der Waals surface area (Å²) in [6, 6.07) is 12.1. The zero-order chi connectivity index (χ0) is 12.0. The number of fused-ring (bicyclic) bond motifs is 2. The summed E-state index contributed by atoms with van der Waals surface area (Å²) in [4.78, 5) is 12.1. The molecule has 0 fully saturated rings. The van der Waals surface area contributed by atoms with Crippen LogP contribution < -0.4 is 8.92 Å². The average molecular weight is 297 g/mol. The van der Waals surface area contributed by atoms with Gasteiger partial charge in [-0.05, 0) is 0 Å². The molecule has 4 heteroatoms. The summed E-state index contributed by atoms with van der Waals surface area (Å²) >= 11 is -4.89. The molecule has 1 aliphatic heterocycles. The van der Waals surface area contributed by atoms with E-state index in [0.717, 1.165) is 0 Å². The fourth-order valence-electron chi connectivity index (χ4n) is 2.02. The van der Waals surface area contributed by atoms with E-state index in [1.165, 1.54) is 24.3 Å². The van der Waals surface area contributed by atoms with E-state index in [1.807, 2.05) is 0 Å². The Hall–Kier alpha value is -1.51. The van der Waals surface area contributed by atoms with Crippen LogP contribution in [-0.4, -0.2) is 19.5 Å². The van der Waals surface area contributed by atoms with E-state index in [9.17, 15) is 11.9 Å². The first kappa shape index (κ1) is 10.6. The number of carbonyl (C=O) groups excluding carboxylic acids is 1. The molecule has 0 aliphatic carbocycles. The quantitative estimate of drug-likeness (QED) is 0.677. The van der Waals surface area contributed by atoms with Crippen molar-refractivity contribution in [3.05, 3.63) is 59.7 Å². The van der Waals surface area contributed by atoms with Gasteiger partial charge in [-0.3, -0.25) is 0 Å². The first-order valence-electron chi connectivity index (χ1n) is 5.08. The van der Waals surface area contributed by atoms with Gasteiger partial charge in [0.1, 0.15) is 0 Å². The Labute approximate surface area is 100 Å². The molecule has 3 rings (SSSR count). The van der Waals surface area contributed by atoms with Gasteiger partial charge < -0.3 is 0 Å². The Bertz CT molecular complexity index is 571. The number of benzene rings is 2. The van der Waals surface area contributed by atoms with Crippen molar-refractivity contribution in [2.75, 3.05) is 0 Å². The van der Waals surface area contributed by atoms with Crippen LogP contribution in [0.15, 0.2) is 48.5 Å². The Morgan fingerprint density at radius 1 is 0.765 bits per heavy atom. The monoisotopic (exact) mass is 298 g/mol. The van der Waals surface area contributed by atoms with Gasteiger partial charge in [-0.25, -0.2) is 0 Å². The Kier molecular flexibility index (Phi) is 2.18. The fraction of sp³-hybridized carbons (Fsp3) is 0. The van der Waals surface area contributed by atoms with E-state index >= 15 is 0 Å². The van der Waals surface area contributed by atoms with Crippen LogP contribution in [0.25, 0.3) is 0 Å². The van der Waals surface area contributed by atoms with Gasteiger partial charge in [0, 0.05) is 0 Å². The predicted molar refractivity (Wildman–Crippen MR) is 63.6 cm³/mol. The molecule has 86 valence electrons. The summed E-state index contributed by atoms with van der Waals surface area (Å²) in [6.07, 6.45) is 0.